The Kier molecular flexibility index (Phi) is 5.21. The molecule has 0 saturated heterocycles. The number of hydrogen-bond acceptors (Lipinski definition) is 5. The van der Waals surface area contributed by atoms with Gasteiger partial charge in [-0.15, -0.1) is 0 Å². The molecule has 1 aromatic carbocycles. The summed E-state index contributed by atoms with van der Waals surface area (Å²) in [6, 6.07) is 4.40. The third-order valence-corrected chi connectivity index (χ3v) is 4.22. The molecule has 6 heteroatoms. The number of ether oxygens (including phenoxy) is 1. The molecule has 1 saturated carbocycles. The van der Waals surface area contributed by atoms with Crippen molar-refractivity contribution < 1.29 is 13.9 Å². The zero-order valence-corrected chi connectivity index (χ0v) is 12.6. The topological polar surface area (TPSA) is 88.1 Å². The van der Waals surface area contributed by atoms with Gasteiger partial charge in [0.25, 0.3) is 0 Å². The van der Waals surface area contributed by atoms with E-state index in [2.05, 4.69) is 5.32 Å². The Morgan fingerprint density at radius 3 is 2.73 bits per heavy atom. The molecule has 0 radical (unpaired) electrons. The van der Waals surface area contributed by atoms with Crippen LogP contribution in [0.1, 0.15) is 31.2 Å². The van der Waals surface area contributed by atoms with Gasteiger partial charge in [0.05, 0.1) is 30.0 Å². The van der Waals surface area contributed by atoms with Gasteiger partial charge in [-0.1, -0.05) is 0 Å². The van der Waals surface area contributed by atoms with Crippen LogP contribution in [0.25, 0.3) is 0 Å². The number of esters is 1. The molecule has 0 aliphatic heterocycles. The fourth-order valence-electron chi connectivity index (χ4n) is 2.85. The van der Waals surface area contributed by atoms with Crippen LogP contribution in [0.5, 0.6) is 0 Å². The predicted molar refractivity (Wildman–Crippen MR) is 81.5 cm³/mol. The molecule has 2 rings (SSSR count). The number of anilines is 2. The molecule has 0 bridgehead atoms. The molecule has 3 N–H and O–H groups in total. The molecule has 0 aromatic heterocycles. The number of hydrogen-bond donors (Lipinski definition) is 2. The summed E-state index contributed by atoms with van der Waals surface area (Å²) in [5.41, 5.74) is 6.61. The summed E-state index contributed by atoms with van der Waals surface area (Å²) >= 11 is 0. The van der Waals surface area contributed by atoms with E-state index in [4.69, 9.17) is 15.7 Å². The zero-order valence-electron chi connectivity index (χ0n) is 12.6. The number of benzene rings is 1. The highest BCUT2D eigenvalue weighted by Gasteiger charge is 2.26. The Morgan fingerprint density at radius 2 is 2.14 bits per heavy atom. The molecule has 1 aromatic rings. The van der Waals surface area contributed by atoms with Crippen molar-refractivity contribution in [3.05, 3.63) is 23.5 Å². The summed E-state index contributed by atoms with van der Waals surface area (Å²) in [5.74, 6) is -0.310. The lowest BCUT2D eigenvalue weighted by molar-refractivity contribution is -0.146. The van der Waals surface area contributed by atoms with Gasteiger partial charge in [-0.25, -0.2) is 4.39 Å². The first kappa shape index (κ1) is 16.1. The summed E-state index contributed by atoms with van der Waals surface area (Å²) in [6.45, 7) is 0.689. The van der Waals surface area contributed by atoms with E-state index in [0.29, 0.717) is 23.8 Å². The van der Waals surface area contributed by atoms with Crippen LogP contribution in [-0.2, 0) is 9.53 Å². The van der Waals surface area contributed by atoms with Crippen LogP contribution in [0.2, 0.25) is 0 Å². The highest BCUT2D eigenvalue weighted by Crippen LogP contribution is 2.30. The first-order valence-electron chi connectivity index (χ1n) is 7.36. The number of rotatable bonds is 4. The van der Waals surface area contributed by atoms with E-state index < -0.39 is 5.82 Å². The third-order valence-electron chi connectivity index (χ3n) is 4.22. The molecule has 0 amide bonds. The number of carbonyl (C=O) groups excluding carboxylic acids is 1. The summed E-state index contributed by atoms with van der Waals surface area (Å²) in [6.07, 6.45) is 3.50. The minimum Gasteiger partial charge on any atom is -0.469 e. The highest BCUT2D eigenvalue weighted by molar-refractivity contribution is 5.72. The lowest BCUT2D eigenvalue weighted by Crippen LogP contribution is -2.26. The standard InChI is InChI=1S/C16H20FN3O2/c1-22-16(21)11-4-2-10(3-5-11)9-20-15-6-12(8-18)13(17)7-14(15)19/h6-7,10-11,20H,2-5,9,19H2,1H3. The van der Waals surface area contributed by atoms with Crippen LogP contribution >= 0.6 is 0 Å². The molecule has 22 heavy (non-hydrogen) atoms. The van der Waals surface area contributed by atoms with E-state index in [0.717, 1.165) is 31.7 Å². The quantitative estimate of drug-likeness (QED) is 0.659. The average Bonchev–Trinajstić information content (AvgIpc) is 2.54. The smallest absolute Gasteiger partial charge is 0.308 e. The van der Waals surface area contributed by atoms with Gasteiger partial charge < -0.3 is 15.8 Å². The molecule has 1 aliphatic carbocycles. The van der Waals surface area contributed by atoms with Crippen LogP contribution in [-0.4, -0.2) is 19.6 Å². The van der Waals surface area contributed by atoms with E-state index in [1.54, 1.807) is 6.07 Å². The Balaban J connectivity index is 1.90. The molecule has 5 nitrogen and oxygen atoms in total. The minimum absolute atomic E-state index is 0.00216. The van der Waals surface area contributed by atoms with Crippen LogP contribution in [0, 0.1) is 29.0 Å². The van der Waals surface area contributed by atoms with E-state index in [1.807, 2.05) is 0 Å². The number of carbonyl (C=O) groups is 1. The van der Waals surface area contributed by atoms with Crippen molar-refractivity contribution in [3.8, 4) is 6.07 Å². The van der Waals surface area contributed by atoms with Gasteiger partial charge in [-0.2, -0.15) is 5.26 Å². The normalized spacial score (nSPS) is 21.0. The van der Waals surface area contributed by atoms with Gasteiger partial charge in [0.15, 0.2) is 0 Å². The molecule has 1 fully saturated rings. The van der Waals surface area contributed by atoms with Crippen molar-refractivity contribution >= 4 is 17.3 Å². The SMILES string of the molecule is COC(=O)C1CCC(CNc2cc(C#N)c(F)cc2N)CC1. The van der Waals surface area contributed by atoms with Crippen LogP contribution in [0.3, 0.4) is 0 Å². The van der Waals surface area contributed by atoms with Crippen molar-refractivity contribution in [1.82, 2.24) is 0 Å². The van der Waals surface area contributed by atoms with Crippen LogP contribution in [0.15, 0.2) is 12.1 Å². The number of halogens is 1. The second kappa shape index (κ2) is 7.12. The molecule has 1 aliphatic rings. The average molecular weight is 305 g/mol. The van der Waals surface area contributed by atoms with Crippen molar-refractivity contribution in [2.24, 2.45) is 11.8 Å². The first-order valence-corrected chi connectivity index (χ1v) is 7.36. The molecule has 0 spiro atoms. The highest BCUT2D eigenvalue weighted by atomic mass is 19.1. The lowest BCUT2D eigenvalue weighted by Gasteiger charge is -2.27. The van der Waals surface area contributed by atoms with Gasteiger partial charge in [0.1, 0.15) is 11.9 Å². The van der Waals surface area contributed by atoms with E-state index in [-0.39, 0.29) is 17.5 Å². The number of nitrogens with two attached hydrogens (primary N) is 1. The summed E-state index contributed by atoms with van der Waals surface area (Å²) < 4.78 is 18.2. The van der Waals surface area contributed by atoms with E-state index in [9.17, 15) is 9.18 Å². The van der Waals surface area contributed by atoms with Gasteiger partial charge in [0, 0.05) is 12.6 Å². The fourth-order valence-corrected chi connectivity index (χ4v) is 2.85. The maximum absolute atomic E-state index is 13.4. The summed E-state index contributed by atoms with van der Waals surface area (Å²) in [4.78, 5) is 11.5. The van der Waals surface area contributed by atoms with Crippen molar-refractivity contribution in [1.29, 1.82) is 5.26 Å². The molecular weight excluding hydrogens is 285 g/mol. The predicted octanol–water partition coefficient (Wildman–Crippen LogP) is 2.67. The summed E-state index contributed by atoms with van der Waals surface area (Å²) in [5, 5.41) is 12.0. The van der Waals surface area contributed by atoms with E-state index in [1.165, 1.54) is 13.2 Å². The summed E-state index contributed by atoms with van der Waals surface area (Å²) in [7, 11) is 1.42. The zero-order chi connectivity index (χ0) is 16.1. The Bertz CT molecular complexity index is 590. The Morgan fingerprint density at radius 1 is 1.45 bits per heavy atom. The van der Waals surface area contributed by atoms with Gasteiger partial charge >= 0.3 is 5.97 Å². The Hall–Kier alpha value is -2.29. The first-order chi connectivity index (χ1) is 10.5. The van der Waals surface area contributed by atoms with Crippen LogP contribution in [0.4, 0.5) is 15.8 Å². The number of nitrogen functional groups attached to an aromatic ring is 1. The van der Waals surface area contributed by atoms with E-state index >= 15 is 0 Å². The monoisotopic (exact) mass is 305 g/mol. The maximum atomic E-state index is 13.4. The van der Waals surface area contributed by atoms with Crippen molar-refractivity contribution in [2.45, 2.75) is 25.7 Å². The molecular formula is C16H20FN3O2. The number of nitriles is 1. The molecule has 0 heterocycles. The van der Waals surface area contributed by atoms with Crippen molar-refractivity contribution in [2.75, 3.05) is 24.7 Å². The molecule has 0 unspecified atom stereocenters. The number of methoxy groups -OCH3 is 1. The Labute approximate surface area is 129 Å². The second-order valence-corrected chi connectivity index (χ2v) is 5.65. The van der Waals surface area contributed by atoms with Crippen molar-refractivity contribution in [3.63, 3.8) is 0 Å². The maximum Gasteiger partial charge on any atom is 0.308 e. The molecule has 0 atom stereocenters. The third kappa shape index (κ3) is 3.67. The fraction of sp³-hybridized carbons (Fsp3) is 0.500. The van der Waals surface area contributed by atoms with Gasteiger partial charge in [-0.05, 0) is 37.7 Å². The lowest BCUT2D eigenvalue weighted by atomic mass is 9.82. The largest absolute Gasteiger partial charge is 0.469 e. The number of nitrogens with one attached hydrogen (secondary N) is 1. The molecule has 118 valence electrons. The van der Waals surface area contributed by atoms with Gasteiger partial charge in [-0.3, -0.25) is 4.79 Å². The number of nitrogens with zero attached hydrogens (tertiary/aromatic N) is 1. The minimum atomic E-state index is -0.607. The second-order valence-electron chi connectivity index (χ2n) is 5.65. The van der Waals surface area contributed by atoms with Crippen LogP contribution < -0.4 is 11.1 Å². The van der Waals surface area contributed by atoms with Gasteiger partial charge in [0.2, 0.25) is 0 Å².